The van der Waals surface area contributed by atoms with Gasteiger partial charge in [-0.25, -0.2) is 10.2 Å². The highest BCUT2D eigenvalue weighted by atomic mass is 79.9. The maximum atomic E-state index is 11.9. The maximum absolute atomic E-state index is 11.9. The molecular weight excluding hydrogens is 420 g/mol. The fourth-order valence-corrected chi connectivity index (χ4v) is 2.44. The van der Waals surface area contributed by atoms with Crippen LogP contribution in [0.5, 0.6) is 11.5 Å². The summed E-state index contributed by atoms with van der Waals surface area (Å²) in [6, 6.07) is 7.41. The molecule has 142 valence electrons. The number of nitrogens with one attached hydrogen (secondary N) is 2. The van der Waals surface area contributed by atoms with E-state index in [1.807, 2.05) is 13.0 Å². The van der Waals surface area contributed by atoms with Gasteiger partial charge in [-0.1, -0.05) is 15.9 Å². The van der Waals surface area contributed by atoms with Gasteiger partial charge in [0.25, 0.3) is 0 Å². The number of benzene rings is 2. The largest absolute Gasteiger partial charge is 0.496 e. The number of aryl methyl sites for hydroxylation is 1. The van der Waals surface area contributed by atoms with Crippen LogP contribution in [0, 0.1) is 17.0 Å². The van der Waals surface area contributed by atoms with E-state index >= 15 is 0 Å². The molecule has 0 aromatic heterocycles. The van der Waals surface area contributed by atoms with Crippen LogP contribution in [0.4, 0.5) is 16.2 Å². The first-order chi connectivity index (χ1) is 12.8. The fraction of sp³-hybridized carbons (Fsp3) is 0.176. The number of carbonyl (C=O) groups is 1. The molecule has 0 saturated heterocycles. The van der Waals surface area contributed by atoms with Crippen molar-refractivity contribution < 1.29 is 19.2 Å². The first-order valence-electron chi connectivity index (χ1n) is 7.62. The lowest BCUT2D eigenvalue weighted by molar-refractivity contribution is -0.385. The van der Waals surface area contributed by atoms with E-state index in [0.717, 1.165) is 10.0 Å². The van der Waals surface area contributed by atoms with Crippen molar-refractivity contribution in [2.24, 2.45) is 5.10 Å². The Morgan fingerprint density at radius 3 is 2.52 bits per heavy atom. The van der Waals surface area contributed by atoms with E-state index in [2.05, 4.69) is 31.8 Å². The zero-order valence-electron chi connectivity index (χ0n) is 14.8. The van der Waals surface area contributed by atoms with Crippen LogP contribution in [-0.2, 0) is 0 Å². The summed E-state index contributed by atoms with van der Waals surface area (Å²) in [5, 5.41) is 17.6. The average molecular weight is 437 g/mol. The lowest BCUT2D eigenvalue weighted by Crippen LogP contribution is -2.24. The van der Waals surface area contributed by atoms with Gasteiger partial charge in [0.15, 0.2) is 0 Å². The molecule has 0 spiro atoms. The molecule has 27 heavy (non-hydrogen) atoms. The summed E-state index contributed by atoms with van der Waals surface area (Å²) in [7, 11) is 2.74. The Balaban J connectivity index is 2.12. The lowest BCUT2D eigenvalue weighted by Gasteiger charge is -2.08. The van der Waals surface area contributed by atoms with Crippen LogP contribution in [0.2, 0.25) is 0 Å². The second kappa shape index (κ2) is 8.99. The van der Waals surface area contributed by atoms with Crippen LogP contribution in [0.15, 0.2) is 39.9 Å². The number of halogens is 1. The zero-order chi connectivity index (χ0) is 20.0. The van der Waals surface area contributed by atoms with Gasteiger partial charge < -0.3 is 14.8 Å². The molecule has 0 aliphatic carbocycles. The van der Waals surface area contributed by atoms with Gasteiger partial charge in [0.1, 0.15) is 5.75 Å². The number of hydrazone groups is 1. The number of amides is 2. The number of urea groups is 1. The van der Waals surface area contributed by atoms with Gasteiger partial charge in [-0.15, -0.1) is 0 Å². The van der Waals surface area contributed by atoms with Crippen LogP contribution in [0.3, 0.4) is 0 Å². The van der Waals surface area contributed by atoms with Crippen LogP contribution < -0.4 is 20.2 Å². The Kier molecular flexibility index (Phi) is 6.72. The van der Waals surface area contributed by atoms with Crippen molar-refractivity contribution in [3.8, 4) is 11.5 Å². The average Bonchev–Trinajstić information content (AvgIpc) is 2.64. The van der Waals surface area contributed by atoms with Gasteiger partial charge in [-0.2, -0.15) is 5.10 Å². The molecule has 0 aliphatic rings. The molecule has 2 aromatic carbocycles. The molecule has 9 nitrogen and oxygen atoms in total. The number of hydrogen-bond donors (Lipinski definition) is 2. The number of nitrogens with zero attached hydrogens (tertiary/aromatic N) is 2. The molecule has 0 unspecified atom stereocenters. The van der Waals surface area contributed by atoms with E-state index in [0.29, 0.717) is 17.0 Å². The van der Waals surface area contributed by atoms with Gasteiger partial charge in [0.2, 0.25) is 5.75 Å². The molecule has 2 N–H and O–H groups in total. The molecule has 0 atom stereocenters. The summed E-state index contributed by atoms with van der Waals surface area (Å²) in [4.78, 5) is 22.5. The summed E-state index contributed by atoms with van der Waals surface area (Å²) in [6.07, 6.45) is 1.25. The number of nitro groups is 1. The summed E-state index contributed by atoms with van der Waals surface area (Å²) in [5.74, 6) is 0.372. The predicted octanol–water partition coefficient (Wildman–Crippen LogP) is 3.84. The standard InChI is InChI=1S/C17H17BrN4O5/c1-10-6-12(4-5-13(10)18)20-17(23)21-19-9-11-7-14(22(24)25)16(27-3)8-15(11)26-2/h4-9H,1-3H3,(H2,20,21,23)/b19-9+. The third-order valence-corrected chi connectivity index (χ3v) is 4.40. The highest BCUT2D eigenvalue weighted by Gasteiger charge is 2.18. The van der Waals surface area contributed by atoms with E-state index in [1.165, 1.54) is 32.6 Å². The van der Waals surface area contributed by atoms with Crippen molar-refractivity contribution >= 4 is 39.6 Å². The Hall–Kier alpha value is -3.14. The third-order valence-electron chi connectivity index (χ3n) is 3.51. The van der Waals surface area contributed by atoms with Crippen molar-refractivity contribution in [3.05, 3.63) is 56.0 Å². The maximum Gasteiger partial charge on any atom is 0.339 e. The lowest BCUT2D eigenvalue weighted by atomic mass is 10.1. The van der Waals surface area contributed by atoms with Crippen LogP contribution in [-0.4, -0.2) is 31.4 Å². The Labute approximate surface area is 163 Å². The van der Waals surface area contributed by atoms with Crippen molar-refractivity contribution in [1.29, 1.82) is 0 Å². The minimum absolute atomic E-state index is 0.0605. The van der Waals surface area contributed by atoms with E-state index in [1.54, 1.807) is 12.1 Å². The van der Waals surface area contributed by atoms with Crippen molar-refractivity contribution in [2.45, 2.75) is 6.92 Å². The summed E-state index contributed by atoms with van der Waals surface area (Å²) >= 11 is 3.38. The van der Waals surface area contributed by atoms with Crippen molar-refractivity contribution in [3.63, 3.8) is 0 Å². The zero-order valence-corrected chi connectivity index (χ0v) is 16.4. The molecule has 0 saturated carbocycles. The van der Waals surface area contributed by atoms with Crippen LogP contribution in [0.1, 0.15) is 11.1 Å². The van der Waals surface area contributed by atoms with Gasteiger partial charge in [0.05, 0.1) is 25.4 Å². The second-order valence-electron chi connectivity index (χ2n) is 5.31. The predicted molar refractivity (Wildman–Crippen MR) is 105 cm³/mol. The minimum Gasteiger partial charge on any atom is -0.496 e. The number of hydrogen-bond acceptors (Lipinski definition) is 6. The third kappa shape index (κ3) is 5.17. The number of ether oxygens (including phenoxy) is 2. The first kappa shape index (κ1) is 20.2. The molecule has 2 amide bonds. The minimum atomic E-state index is -0.578. The molecular formula is C17H17BrN4O5. The highest BCUT2D eigenvalue weighted by Crippen LogP contribution is 2.33. The SMILES string of the molecule is COc1cc(OC)c([N+](=O)[O-])cc1/C=N/NC(=O)Nc1ccc(Br)c(C)c1. The fourth-order valence-electron chi connectivity index (χ4n) is 2.19. The van der Waals surface area contributed by atoms with Crippen LogP contribution in [0.25, 0.3) is 0 Å². The molecule has 0 radical (unpaired) electrons. The van der Waals surface area contributed by atoms with Gasteiger partial charge >= 0.3 is 11.7 Å². The molecule has 0 aliphatic heterocycles. The normalized spacial score (nSPS) is 10.5. The number of methoxy groups -OCH3 is 2. The van der Waals surface area contributed by atoms with Crippen molar-refractivity contribution in [2.75, 3.05) is 19.5 Å². The Morgan fingerprint density at radius 2 is 1.93 bits per heavy atom. The van der Waals surface area contributed by atoms with Gasteiger partial charge in [0, 0.05) is 27.9 Å². The number of anilines is 1. The van der Waals surface area contributed by atoms with Gasteiger partial charge in [-0.3, -0.25) is 10.1 Å². The summed E-state index contributed by atoms with van der Waals surface area (Å²) < 4.78 is 11.1. The Bertz CT molecular complexity index is 901. The molecule has 10 heteroatoms. The van der Waals surface area contributed by atoms with E-state index in [4.69, 9.17) is 9.47 Å². The summed E-state index contributed by atoms with van der Waals surface area (Å²) in [6.45, 7) is 1.90. The number of nitro benzene ring substituents is 1. The van der Waals surface area contributed by atoms with E-state index in [9.17, 15) is 14.9 Å². The molecule has 0 bridgehead atoms. The molecule has 2 aromatic rings. The summed E-state index contributed by atoms with van der Waals surface area (Å²) in [5.41, 5.74) is 3.92. The van der Waals surface area contributed by atoms with Crippen LogP contribution >= 0.6 is 15.9 Å². The highest BCUT2D eigenvalue weighted by molar-refractivity contribution is 9.10. The second-order valence-corrected chi connectivity index (χ2v) is 6.17. The van der Waals surface area contributed by atoms with Gasteiger partial charge in [-0.05, 0) is 30.7 Å². The number of rotatable bonds is 6. The molecule has 0 heterocycles. The molecule has 0 fully saturated rings. The Morgan fingerprint density at radius 1 is 1.22 bits per heavy atom. The number of carbonyl (C=O) groups excluding carboxylic acids is 1. The monoisotopic (exact) mass is 436 g/mol. The topological polar surface area (TPSA) is 115 Å². The van der Waals surface area contributed by atoms with Crippen molar-refractivity contribution in [1.82, 2.24) is 5.43 Å². The smallest absolute Gasteiger partial charge is 0.339 e. The molecule has 2 rings (SSSR count). The first-order valence-corrected chi connectivity index (χ1v) is 8.41. The van der Waals surface area contributed by atoms with E-state index in [-0.39, 0.29) is 11.4 Å². The van der Waals surface area contributed by atoms with E-state index < -0.39 is 11.0 Å². The quantitative estimate of drug-likeness (QED) is 0.405.